The Morgan fingerprint density at radius 1 is 0.438 bits per heavy atom. The Bertz CT molecular complexity index is 1610. The summed E-state index contributed by atoms with van der Waals surface area (Å²) in [5, 5.41) is -2.45. The Kier molecular flexibility index (Phi) is 10.1. The first-order valence-corrected chi connectivity index (χ1v) is 10.6. The van der Waals surface area contributed by atoms with E-state index in [0.29, 0.717) is 0 Å². The van der Waals surface area contributed by atoms with Crippen molar-refractivity contribution in [2.45, 2.75) is 36.0 Å². The van der Waals surface area contributed by atoms with Crippen molar-refractivity contribution in [3.8, 4) is 0 Å². The molecule has 0 heterocycles. The highest BCUT2D eigenvalue weighted by molar-refractivity contribution is 6.11. The zero-order chi connectivity index (χ0) is 38.1. The monoisotopic (exact) mass is 754 g/mol. The van der Waals surface area contributed by atoms with Crippen LogP contribution in [-0.4, -0.2) is 47.7 Å². The molecule has 2 rings (SSSR count). The summed E-state index contributed by atoms with van der Waals surface area (Å²) < 4.78 is 329. The molecule has 0 atom stereocenters. The highest BCUT2D eigenvalue weighted by Crippen LogP contribution is 2.51. The summed E-state index contributed by atoms with van der Waals surface area (Å²) in [7, 11) is 0. The smallest absolute Gasteiger partial charge is 0.254 e. The van der Waals surface area contributed by atoms with E-state index >= 15 is 0 Å². The van der Waals surface area contributed by atoms with Gasteiger partial charge in [0.1, 0.15) is 11.4 Å². The second-order valence-corrected chi connectivity index (χ2v) is 8.37. The molecular weight excluding hydrogens is 752 g/mol. The van der Waals surface area contributed by atoms with Crippen molar-refractivity contribution in [2.24, 2.45) is 15.8 Å². The zero-order valence-corrected chi connectivity index (χ0v) is 21.0. The molecule has 0 saturated heterocycles. The second kappa shape index (κ2) is 12.1. The first kappa shape index (κ1) is 40.0. The molecule has 0 bridgehead atoms. The molecule has 0 saturated carbocycles. The van der Waals surface area contributed by atoms with E-state index in [2.05, 4.69) is 5.84 Å². The van der Waals surface area contributed by atoms with Crippen LogP contribution in [0.25, 0.3) is 0 Å². The van der Waals surface area contributed by atoms with Gasteiger partial charge in [0.2, 0.25) is 23.3 Å². The Morgan fingerprint density at radius 3 is 1.06 bits per heavy atom. The van der Waals surface area contributed by atoms with E-state index in [1.807, 2.05) is 0 Å². The second-order valence-electron chi connectivity index (χ2n) is 8.37. The molecule has 0 aromatic heterocycles. The highest BCUT2D eigenvalue weighted by atomic mass is 19.4. The van der Waals surface area contributed by atoms with Crippen molar-refractivity contribution in [2.75, 3.05) is 5.01 Å². The van der Waals surface area contributed by atoms with Crippen LogP contribution in [0.5, 0.6) is 0 Å². The molecule has 0 fully saturated rings. The molecule has 48 heavy (non-hydrogen) atoms. The van der Waals surface area contributed by atoms with Crippen LogP contribution in [0.15, 0.2) is 9.98 Å². The summed E-state index contributed by atoms with van der Waals surface area (Å²) in [6, 6.07) is 0. The van der Waals surface area contributed by atoms with Gasteiger partial charge in [-0.25, -0.2) is 59.7 Å². The van der Waals surface area contributed by atoms with Crippen LogP contribution in [0.4, 0.5) is 117 Å². The first-order valence-electron chi connectivity index (χ1n) is 10.6. The fourth-order valence-corrected chi connectivity index (χ4v) is 2.89. The van der Waals surface area contributed by atoms with E-state index in [1.165, 1.54) is 4.99 Å². The van der Waals surface area contributed by atoms with Gasteiger partial charge in [-0.3, -0.25) is 5.01 Å². The number of alkyl halides is 14. The van der Waals surface area contributed by atoms with Crippen LogP contribution < -0.4 is 10.9 Å². The molecule has 2 N–H and O–H groups in total. The Balaban J connectivity index is 3.38. The van der Waals surface area contributed by atoms with Crippen molar-refractivity contribution in [1.29, 1.82) is 0 Å². The number of amidine groups is 2. The number of nitrogens with zero attached hydrogens (tertiary/aromatic N) is 3. The van der Waals surface area contributed by atoms with Gasteiger partial charge >= 0.3 is 36.0 Å². The fourth-order valence-electron chi connectivity index (χ4n) is 2.89. The first-order chi connectivity index (χ1) is 21.2. The number of halogens is 24. The van der Waals surface area contributed by atoms with Gasteiger partial charge in [0.25, 0.3) is 0 Å². The average Bonchev–Trinajstić information content (AvgIpc) is 2.94. The van der Waals surface area contributed by atoms with Crippen molar-refractivity contribution in [3.63, 3.8) is 0 Å². The maximum absolute atomic E-state index is 14.7. The summed E-state index contributed by atoms with van der Waals surface area (Å²) in [5.74, 6) is -71.2. The number of anilines is 1. The Hall–Kier alpha value is -4.14. The van der Waals surface area contributed by atoms with E-state index < -0.39 is 122 Å². The van der Waals surface area contributed by atoms with Crippen LogP contribution in [0, 0.1) is 58.2 Å². The van der Waals surface area contributed by atoms with E-state index in [4.69, 9.17) is 0 Å². The van der Waals surface area contributed by atoms with Gasteiger partial charge in [0.15, 0.2) is 46.5 Å². The molecule has 0 spiro atoms. The Morgan fingerprint density at radius 2 is 0.729 bits per heavy atom. The topological polar surface area (TPSA) is 54.0 Å². The van der Waals surface area contributed by atoms with Gasteiger partial charge in [0, 0.05) is 0 Å². The third-order valence-electron chi connectivity index (χ3n) is 5.33. The van der Waals surface area contributed by atoms with Crippen LogP contribution in [-0.2, 0) is 0 Å². The van der Waals surface area contributed by atoms with Gasteiger partial charge in [-0.05, 0) is 0 Å². The number of hydrogen-bond acceptors (Lipinski definition) is 2. The maximum atomic E-state index is 14.7. The molecule has 0 aliphatic carbocycles. The predicted molar refractivity (Wildman–Crippen MR) is 106 cm³/mol. The molecule has 0 unspecified atom stereocenters. The van der Waals surface area contributed by atoms with Crippen molar-refractivity contribution < 1.29 is 105 Å². The van der Waals surface area contributed by atoms with E-state index in [1.54, 1.807) is 0 Å². The lowest BCUT2D eigenvalue weighted by Gasteiger charge is -2.34. The molecule has 0 amide bonds. The van der Waals surface area contributed by atoms with Crippen LogP contribution in [0.2, 0.25) is 0 Å². The molecule has 2 aromatic carbocycles. The summed E-state index contributed by atoms with van der Waals surface area (Å²) in [6.45, 7) is 0. The van der Waals surface area contributed by atoms with Crippen molar-refractivity contribution >= 4 is 23.0 Å². The van der Waals surface area contributed by atoms with Gasteiger partial charge in [-0.1, -0.05) is 0 Å². The van der Waals surface area contributed by atoms with Crippen LogP contribution in [0.1, 0.15) is 0 Å². The third kappa shape index (κ3) is 6.01. The number of hydrazine groups is 1. The van der Waals surface area contributed by atoms with E-state index in [-0.39, 0.29) is 0 Å². The summed E-state index contributed by atoms with van der Waals surface area (Å²) >= 11 is 0. The third-order valence-corrected chi connectivity index (χ3v) is 5.33. The SMILES string of the molecule is NN(C(=NC(=Nc1c(F)c(F)c(F)c(F)c1F)C(F)(F)C(F)(F)C(F)(F)F)C(F)(F)C(F)(F)C(F)(F)F)c1c(F)c(F)c(F)c(F)c1F. The average molecular weight is 754 g/mol. The normalized spacial score (nSPS) is 14.6. The Labute approximate surface area is 244 Å². The predicted octanol–water partition coefficient (Wildman–Crippen LogP) is 8.55. The number of hydrogen-bond donors (Lipinski definition) is 1. The minimum atomic E-state index is -8.02. The highest BCUT2D eigenvalue weighted by Gasteiger charge is 2.78. The number of aliphatic imine (C=N–C) groups is 2. The summed E-state index contributed by atoms with van der Waals surface area (Å²) in [6.07, 6.45) is -15.6. The standard InChI is InChI=1S/C20H2F24N4/c21-1-3(23)7(27)11(8(28)4(1)24)46-13(15(31,32)17(35,36)19(39,40)41)47-14(16(33,34)18(37,38)20(42,43)44)48(45)12-9(29)5(25)2(22)6(26)10(12)30/h45H2. The quantitative estimate of drug-likeness (QED) is 0.0612. The lowest BCUT2D eigenvalue weighted by atomic mass is 10.1. The molecule has 28 heteroatoms. The molecule has 0 radical (unpaired) electrons. The van der Waals surface area contributed by atoms with Gasteiger partial charge in [0.05, 0.1) is 0 Å². The van der Waals surface area contributed by atoms with Crippen molar-refractivity contribution in [1.82, 2.24) is 0 Å². The largest absolute Gasteiger partial charge is 0.460 e. The molecule has 2 aromatic rings. The number of benzene rings is 2. The number of nitrogens with two attached hydrogens (primary N) is 1. The van der Waals surface area contributed by atoms with E-state index in [9.17, 15) is 105 Å². The lowest BCUT2D eigenvalue weighted by Crippen LogP contribution is -2.63. The van der Waals surface area contributed by atoms with Gasteiger partial charge in [-0.2, -0.15) is 61.5 Å². The lowest BCUT2D eigenvalue weighted by molar-refractivity contribution is -0.337. The summed E-state index contributed by atoms with van der Waals surface area (Å²) in [4.78, 5) is 2.35. The fraction of sp³-hybridized carbons (Fsp3) is 0.300. The molecule has 0 aliphatic heterocycles. The molecule has 4 nitrogen and oxygen atoms in total. The maximum Gasteiger partial charge on any atom is 0.460 e. The molecular formula is C20H2F24N4. The van der Waals surface area contributed by atoms with E-state index in [0.717, 1.165) is 4.99 Å². The van der Waals surface area contributed by atoms with Crippen molar-refractivity contribution in [3.05, 3.63) is 58.2 Å². The van der Waals surface area contributed by atoms with Crippen LogP contribution >= 0.6 is 0 Å². The molecule has 270 valence electrons. The number of rotatable bonds is 6. The molecule has 0 aliphatic rings. The summed E-state index contributed by atoms with van der Waals surface area (Å²) in [5.41, 5.74) is -6.89. The van der Waals surface area contributed by atoms with Crippen LogP contribution in [0.3, 0.4) is 0 Å². The van der Waals surface area contributed by atoms with Gasteiger partial charge < -0.3 is 0 Å². The van der Waals surface area contributed by atoms with Gasteiger partial charge in [-0.15, -0.1) is 0 Å². The zero-order valence-electron chi connectivity index (χ0n) is 21.0. The minimum absolute atomic E-state index is 1.04. The minimum Gasteiger partial charge on any atom is -0.254 e.